The minimum Gasteiger partial charge on any atom is -0.394 e. The van der Waals surface area contributed by atoms with E-state index in [4.69, 9.17) is 11.6 Å². The van der Waals surface area contributed by atoms with E-state index in [1.807, 2.05) is 0 Å². The average molecular weight is 273 g/mol. The summed E-state index contributed by atoms with van der Waals surface area (Å²) in [6.45, 7) is 1.11. The van der Waals surface area contributed by atoms with Gasteiger partial charge in [-0.15, -0.1) is 0 Å². The van der Waals surface area contributed by atoms with E-state index in [1.165, 1.54) is 0 Å². The van der Waals surface area contributed by atoms with Crippen LogP contribution in [0.3, 0.4) is 0 Å². The summed E-state index contributed by atoms with van der Waals surface area (Å²) in [6.07, 6.45) is 0.420. The van der Waals surface area contributed by atoms with E-state index in [0.29, 0.717) is 17.1 Å². The van der Waals surface area contributed by atoms with Gasteiger partial charge in [0.15, 0.2) is 0 Å². The molecule has 0 heterocycles. The van der Waals surface area contributed by atoms with E-state index in [9.17, 15) is 15.0 Å². The van der Waals surface area contributed by atoms with Gasteiger partial charge < -0.3 is 20.8 Å². The van der Waals surface area contributed by atoms with Gasteiger partial charge in [0.05, 0.1) is 18.8 Å². The van der Waals surface area contributed by atoms with Crippen molar-refractivity contribution in [3.63, 3.8) is 0 Å². The van der Waals surface area contributed by atoms with Crippen molar-refractivity contribution < 1.29 is 15.0 Å². The van der Waals surface area contributed by atoms with Crippen molar-refractivity contribution in [2.75, 3.05) is 18.5 Å². The van der Waals surface area contributed by atoms with E-state index in [0.717, 1.165) is 0 Å². The first-order chi connectivity index (χ1) is 8.55. The van der Waals surface area contributed by atoms with Crippen LogP contribution in [0.4, 0.5) is 10.5 Å². The molecule has 0 fully saturated rings. The Hall–Kier alpha value is -1.30. The Balaban J connectivity index is 2.66. The zero-order chi connectivity index (χ0) is 13.6. The second-order valence-electron chi connectivity index (χ2n) is 4.04. The lowest BCUT2D eigenvalue weighted by atomic mass is 9.99. The van der Waals surface area contributed by atoms with Gasteiger partial charge in [-0.2, -0.15) is 0 Å². The van der Waals surface area contributed by atoms with Gasteiger partial charge in [-0.1, -0.05) is 24.6 Å². The Morgan fingerprint density at radius 1 is 1.39 bits per heavy atom. The molecule has 0 atom stereocenters. The molecule has 0 saturated carbocycles. The Bertz CT molecular complexity index is 400. The minimum absolute atomic E-state index is 0.330. The molecule has 0 aliphatic rings. The number of anilines is 1. The van der Waals surface area contributed by atoms with Crippen molar-refractivity contribution in [1.29, 1.82) is 0 Å². The molecule has 1 aromatic carbocycles. The van der Waals surface area contributed by atoms with Crippen LogP contribution in [0.5, 0.6) is 0 Å². The summed E-state index contributed by atoms with van der Waals surface area (Å²) in [4.78, 5) is 11.7. The number of hydrogen-bond acceptors (Lipinski definition) is 3. The van der Waals surface area contributed by atoms with Gasteiger partial charge in [0.1, 0.15) is 0 Å². The highest BCUT2D eigenvalue weighted by atomic mass is 35.5. The summed E-state index contributed by atoms with van der Waals surface area (Å²) < 4.78 is 0. The number of carbonyl (C=O) groups is 1. The number of halogens is 1. The Morgan fingerprint density at radius 3 is 2.56 bits per heavy atom. The molecule has 0 aliphatic carbocycles. The molecule has 100 valence electrons. The fourth-order valence-corrected chi connectivity index (χ4v) is 1.60. The van der Waals surface area contributed by atoms with Crippen molar-refractivity contribution in [1.82, 2.24) is 5.32 Å². The number of amides is 2. The smallest absolute Gasteiger partial charge is 0.319 e. The maximum atomic E-state index is 11.7. The number of rotatable bonds is 5. The predicted octanol–water partition coefficient (Wildman–Crippen LogP) is 1.59. The number of carbonyl (C=O) groups excluding carboxylic acids is 1. The number of benzene rings is 1. The third-order valence-electron chi connectivity index (χ3n) is 2.74. The highest BCUT2D eigenvalue weighted by Gasteiger charge is 2.28. The third kappa shape index (κ3) is 3.87. The Morgan fingerprint density at radius 2 is 2.06 bits per heavy atom. The molecular formula is C12H17ClN2O3. The van der Waals surface area contributed by atoms with E-state index < -0.39 is 11.6 Å². The quantitative estimate of drug-likeness (QED) is 0.657. The predicted molar refractivity (Wildman–Crippen MR) is 70.8 cm³/mol. The molecule has 1 rings (SSSR count). The second-order valence-corrected chi connectivity index (χ2v) is 4.48. The maximum absolute atomic E-state index is 11.7. The Kier molecular flexibility index (Phi) is 5.40. The van der Waals surface area contributed by atoms with Crippen molar-refractivity contribution in [2.45, 2.75) is 18.9 Å². The van der Waals surface area contributed by atoms with Crippen LogP contribution in [0, 0.1) is 0 Å². The molecule has 0 radical (unpaired) electrons. The zero-order valence-corrected chi connectivity index (χ0v) is 10.9. The van der Waals surface area contributed by atoms with Crippen molar-refractivity contribution in [2.24, 2.45) is 0 Å². The largest absolute Gasteiger partial charge is 0.394 e. The van der Waals surface area contributed by atoms with E-state index in [2.05, 4.69) is 10.6 Å². The molecule has 4 N–H and O–H groups in total. The lowest BCUT2D eigenvalue weighted by Crippen LogP contribution is -2.55. The van der Waals surface area contributed by atoms with Crippen LogP contribution in [-0.2, 0) is 0 Å². The number of aliphatic hydroxyl groups is 2. The molecule has 1 aromatic rings. The lowest BCUT2D eigenvalue weighted by molar-refractivity contribution is 0.0955. The van der Waals surface area contributed by atoms with E-state index in [1.54, 1.807) is 31.2 Å². The van der Waals surface area contributed by atoms with Gasteiger partial charge in [0, 0.05) is 10.7 Å². The highest BCUT2D eigenvalue weighted by Crippen LogP contribution is 2.15. The van der Waals surface area contributed by atoms with Gasteiger partial charge in [0.25, 0.3) is 0 Å². The van der Waals surface area contributed by atoms with Gasteiger partial charge in [-0.3, -0.25) is 0 Å². The molecule has 18 heavy (non-hydrogen) atoms. The monoisotopic (exact) mass is 272 g/mol. The molecule has 5 nitrogen and oxygen atoms in total. The molecular weight excluding hydrogens is 256 g/mol. The normalized spacial score (nSPS) is 11.1. The fourth-order valence-electron chi connectivity index (χ4n) is 1.41. The first kappa shape index (κ1) is 14.8. The van der Waals surface area contributed by atoms with Gasteiger partial charge in [-0.05, 0) is 24.6 Å². The molecule has 0 aliphatic heterocycles. The molecule has 0 saturated heterocycles. The first-order valence-electron chi connectivity index (χ1n) is 5.61. The minimum atomic E-state index is -1.01. The molecule has 0 spiro atoms. The summed E-state index contributed by atoms with van der Waals surface area (Å²) in [6, 6.07) is 6.21. The summed E-state index contributed by atoms with van der Waals surface area (Å²) >= 11 is 5.79. The fraction of sp³-hybridized carbons (Fsp3) is 0.417. The van der Waals surface area contributed by atoms with Crippen molar-refractivity contribution >= 4 is 23.3 Å². The zero-order valence-electron chi connectivity index (χ0n) is 10.1. The lowest BCUT2D eigenvalue weighted by Gasteiger charge is -2.29. The molecule has 2 amide bonds. The number of aliphatic hydroxyl groups excluding tert-OH is 2. The van der Waals surface area contributed by atoms with Gasteiger partial charge in [0.2, 0.25) is 0 Å². The molecule has 6 heteroatoms. The van der Waals surface area contributed by atoms with E-state index in [-0.39, 0.29) is 13.2 Å². The molecule has 0 bridgehead atoms. The van der Waals surface area contributed by atoms with Gasteiger partial charge in [-0.25, -0.2) is 4.79 Å². The van der Waals surface area contributed by atoms with Crippen LogP contribution in [0.1, 0.15) is 13.3 Å². The maximum Gasteiger partial charge on any atom is 0.319 e. The van der Waals surface area contributed by atoms with Crippen LogP contribution in [-0.4, -0.2) is 35.0 Å². The number of nitrogens with one attached hydrogen (secondary N) is 2. The number of hydrogen-bond donors (Lipinski definition) is 4. The molecule has 0 unspecified atom stereocenters. The Labute approximate surface area is 111 Å². The van der Waals surface area contributed by atoms with E-state index >= 15 is 0 Å². The van der Waals surface area contributed by atoms with Crippen molar-refractivity contribution in [3.8, 4) is 0 Å². The van der Waals surface area contributed by atoms with Crippen LogP contribution < -0.4 is 10.6 Å². The van der Waals surface area contributed by atoms with Crippen LogP contribution in [0.2, 0.25) is 5.02 Å². The average Bonchev–Trinajstić information content (AvgIpc) is 2.36. The van der Waals surface area contributed by atoms with Crippen LogP contribution in [0.25, 0.3) is 0 Å². The van der Waals surface area contributed by atoms with Crippen LogP contribution >= 0.6 is 11.6 Å². The SMILES string of the molecule is CCC(CO)(CO)NC(=O)Nc1cccc(Cl)c1. The second kappa shape index (κ2) is 6.58. The summed E-state index contributed by atoms with van der Waals surface area (Å²) in [5.41, 5.74) is -0.469. The highest BCUT2D eigenvalue weighted by molar-refractivity contribution is 6.30. The first-order valence-corrected chi connectivity index (χ1v) is 5.99. The summed E-state index contributed by atoms with van der Waals surface area (Å²) in [5, 5.41) is 24.1. The summed E-state index contributed by atoms with van der Waals surface area (Å²) in [7, 11) is 0. The topological polar surface area (TPSA) is 81.6 Å². The standard InChI is InChI=1S/C12H17ClN2O3/c1-2-12(7-16,8-17)15-11(18)14-10-5-3-4-9(13)6-10/h3-6,16-17H,2,7-8H2,1H3,(H2,14,15,18). The summed E-state index contributed by atoms with van der Waals surface area (Å²) in [5.74, 6) is 0. The van der Waals surface area contributed by atoms with Crippen molar-refractivity contribution in [3.05, 3.63) is 29.3 Å². The third-order valence-corrected chi connectivity index (χ3v) is 2.98. The van der Waals surface area contributed by atoms with Crippen LogP contribution in [0.15, 0.2) is 24.3 Å². The van der Waals surface area contributed by atoms with Gasteiger partial charge >= 0.3 is 6.03 Å². The molecule has 0 aromatic heterocycles. The number of urea groups is 1.